The summed E-state index contributed by atoms with van der Waals surface area (Å²) >= 11 is 1.43. The molecule has 0 aromatic carbocycles. The number of thioether (sulfide) groups is 1. The van der Waals surface area contributed by atoms with Crippen LogP contribution >= 0.6 is 11.8 Å². The van der Waals surface area contributed by atoms with Gasteiger partial charge < -0.3 is 19.2 Å². The second-order valence-corrected chi connectivity index (χ2v) is 7.34. The number of carbonyl (C=O) groups excluding carboxylic acids is 1. The topological polar surface area (TPSA) is 82.3 Å². The number of hydrogen-bond donors (Lipinski definition) is 0. The SMILES string of the molecule is Cc1cc(N(C)C2CCCCC2)nc(SCc2ccc(C(=O)[O-])o2)n1. The highest BCUT2D eigenvalue weighted by molar-refractivity contribution is 7.98. The number of carboxylic acid groups (broad SMARTS) is 1. The maximum atomic E-state index is 10.8. The predicted molar refractivity (Wildman–Crippen MR) is 94.6 cm³/mol. The van der Waals surface area contributed by atoms with Crippen LogP contribution in [-0.4, -0.2) is 29.0 Å². The van der Waals surface area contributed by atoms with Crippen LogP contribution < -0.4 is 10.0 Å². The van der Waals surface area contributed by atoms with Gasteiger partial charge in [-0.2, -0.15) is 0 Å². The van der Waals surface area contributed by atoms with Gasteiger partial charge in [0.15, 0.2) is 5.16 Å². The number of aryl methyl sites for hydroxylation is 1. The molecule has 2 heterocycles. The van der Waals surface area contributed by atoms with E-state index in [4.69, 9.17) is 4.42 Å². The van der Waals surface area contributed by atoms with Gasteiger partial charge in [0, 0.05) is 24.8 Å². The molecule has 1 saturated carbocycles. The first kappa shape index (κ1) is 17.8. The number of carboxylic acids is 1. The molecular weight excluding hydrogens is 338 g/mol. The monoisotopic (exact) mass is 360 g/mol. The molecule has 6 nitrogen and oxygen atoms in total. The van der Waals surface area contributed by atoms with Crippen LogP contribution in [-0.2, 0) is 5.75 Å². The fraction of sp³-hybridized carbons (Fsp3) is 0.500. The first-order valence-electron chi connectivity index (χ1n) is 8.54. The van der Waals surface area contributed by atoms with Crippen molar-refractivity contribution in [3.05, 3.63) is 35.4 Å². The number of nitrogens with zero attached hydrogens (tertiary/aromatic N) is 3. The summed E-state index contributed by atoms with van der Waals surface area (Å²) < 4.78 is 5.22. The third kappa shape index (κ3) is 4.54. The van der Waals surface area contributed by atoms with Crippen molar-refractivity contribution in [1.29, 1.82) is 0 Å². The Labute approximate surface area is 151 Å². The molecule has 0 aliphatic heterocycles. The molecule has 1 aliphatic carbocycles. The van der Waals surface area contributed by atoms with Crippen LogP contribution in [0.15, 0.2) is 27.8 Å². The van der Waals surface area contributed by atoms with Crippen LogP contribution in [0.2, 0.25) is 0 Å². The van der Waals surface area contributed by atoms with E-state index in [1.165, 1.54) is 49.9 Å². The molecule has 0 spiro atoms. The molecular formula is C18H22N3O3S-. The molecule has 1 fully saturated rings. The Bertz CT molecular complexity index is 741. The number of hydrogen-bond acceptors (Lipinski definition) is 7. The van der Waals surface area contributed by atoms with E-state index in [0.717, 1.165) is 11.5 Å². The fourth-order valence-electron chi connectivity index (χ4n) is 3.13. The van der Waals surface area contributed by atoms with Crippen molar-refractivity contribution in [3.63, 3.8) is 0 Å². The Kier molecular flexibility index (Phi) is 5.63. The van der Waals surface area contributed by atoms with Crippen LogP contribution in [0.5, 0.6) is 0 Å². The molecule has 1 aliphatic rings. The standard InChI is InChI=1S/C18H23N3O3S/c1-12-10-16(21(2)13-6-4-3-5-7-13)20-18(19-12)25-11-14-8-9-15(24-14)17(22)23/h8-10,13H,3-7,11H2,1-2H3,(H,22,23)/p-1. The zero-order chi connectivity index (χ0) is 17.8. The molecule has 2 aromatic heterocycles. The Balaban J connectivity index is 1.68. The molecule has 0 bridgehead atoms. The minimum absolute atomic E-state index is 0.154. The molecule has 0 unspecified atom stereocenters. The van der Waals surface area contributed by atoms with Gasteiger partial charge in [0.1, 0.15) is 23.3 Å². The molecule has 2 aromatic rings. The smallest absolute Gasteiger partial charge is 0.190 e. The zero-order valence-corrected chi connectivity index (χ0v) is 15.3. The first-order chi connectivity index (χ1) is 12.0. The average Bonchev–Trinajstić information content (AvgIpc) is 3.09. The highest BCUT2D eigenvalue weighted by atomic mass is 32.2. The molecule has 134 valence electrons. The number of rotatable bonds is 6. The van der Waals surface area contributed by atoms with Crippen LogP contribution in [0.25, 0.3) is 0 Å². The van der Waals surface area contributed by atoms with E-state index < -0.39 is 5.97 Å². The molecule has 25 heavy (non-hydrogen) atoms. The number of furan rings is 1. The van der Waals surface area contributed by atoms with Gasteiger partial charge in [-0.3, -0.25) is 0 Å². The van der Waals surface area contributed by atoms with Gasteiger partial charge in [0.2, 0.25) is 0 Å². The van der Waals surface area contributed by atoms with E-state index in [0.29, 0.717) is 22.7 Å². The van der Waals surface area contributed by atoms with E-state index in [1.54, 1.807) is 6.07 Å². The van der Waals surface area contributed by atoms with Crippen molar-refractivity contribution in [1.82, 2.24) is 9.97 Å². The van der Waals surface area contributed by atoms with Gasteiger partial charge >= 0.3 is 0 Å². The average molecular weight is 360 g/mol. The largest absolute Gasteiger partial charge is 0.542 e. The van der Waals surface area contributed by atoms with Crippen LogP contribution in [0.1, 0.15) is 54.1 Å². The summed E-state index contributed by atoms with van der Waals surface area (Å²) in [4.78, 5) is 22.2. The number of anilines is 1. The predicted octanol–water partition coefficient (Wildman–Crippen LogP) is 2.80. The lowest BCUT2D eigenvalue weighted by Crippen LogP contribution is -2.34. The number of aromatic nitrogens is 2. The Morgan fingerprint density at radius 1 is 1.32 bits per heavy atom. The van der Waals surface area contributed by atoms with E-state index in [1.807, 2.05) is 13.0 Å². The van der Waals surface area contributed by atoms with Gasteiger partial charge in [-0.15, -0.1) is 0 Å². The van der Waals surface area contributed by atoms with Crippen molar-refractivity contribution in [2.24, 2.45) is 0 Å². The summed E-state index contributed by atoms with van der Waals surface area (Å²) in [5.74, 6) is 0.523. The summed E-state index contributed by atoms with van der Waals surface area (Å²) in [5, 5.41) is 11.4. The minimum atomic E-state index is -1.31. The van der Waals surface area contributed by atoms with Crippen molar-refractivity contribution < 1.29 is 14.3 Å². The summed E-state index contributed by atoms with van der Waals surface area (Å²) in [7, 11) is 2.10. The van der Waals surface area contributed by atoms with Crippen molar-refractivity contribution in [2.45, 2.75) is 56.0 Å². The van der Waals surface area contributed by atoms with Crippen molar-refractivity contribution >= 4 is 23.5 Å². The lowest BCUT2D eigenvalue weighted by molar-refractivity contribution is -0.257. The van der Waals surface area contributed by atoms with Gasteiger partial charge in [0.25, 0.3) is 0 Å². The molecule has 7 heteroatoms. The second kappa shape index (κ2) is 7.91. The minimum Gasteiger partial charge on any atom is -0.542 e. The van der Waals surface area contributed by atoms with Gasteiger partial charge in [-0.05, 0) is 31.9 Å². The normalized spacial score (nSPS) is 15.3. The fourth-order valence-corrected chi connectivity index (χ4v) is 3.92. The van der Waals surface area contributed by atoms with E-state index in [9.17, 15) is 9.90 Å². The number of aromatic carboxylic acids is 1. The van der Waals surface area contributed by atoms with Crippen LogP contribution in [0.4, 0.5) is 5.82 Å². The van der Waals surface area contributed by atoms with E-state index in [-0.39, 0.29) is 5.76 Å². The van der Waals surface area contributed by atoms with Crippen molar-refractivity contribution in [3.8, 4) is 0 Å². The lowest BCUT2D eigenvalue weighted by atomic mass is 9.94. The summed E-state index contributed by atoms with van der Waals surface area (Å²) in [5.41, 5.74) is 0.921. The molecule has 3 rings (SSSR count). The lowest BCUT2D eigenvalue weighted by Gasteiger charge is -2.32. The summed E-state index contributed by atoms with van der Waals surface area (Å²) in [6, 6.07) is 5.60. The van der Waals surface area contributed by atoms with Crippen LogP contribution in [0, 0.1) is 6.92 Å². The maximum absolute atomic E-state index is 10.8. The maximum Gasteiger partial charge on any atom is 0.190 e. The van der Waals surface area contributed by atoms with E-state index >= 15 is 0 Å². The summed E-state index contributed by atoms with van der Waals surface area (Å²) in [6.45, 7) is 1.96. The number of carbonyl (C=O) groups is 1. The van der Waals surface area contributed by atoms with Gasteiger partial charge in [-0.1, -0.05) is 31.0 Å². The van der Waals surface area contributed by atoms with Crippen molar-refractivity contribution in [2.75, 3.05) is 11.9 Å². The Hall–Kier alpha value is -2.02. The first-order valence-corrected chi connectivity index (χ1v) is 9.53. The molecule has 0 amide bonds. The van der Waals surface area contributed by atoms with Gasteiger partial charge in [-0.25, -0.2) is 9.97 Å². The quantitative estimate of drug-likeness (QED) is 0.578. The molecule has 0 saturated heterocycles. The third-order valence-corrected chi connectivity index (χ3v) is 5.38. The third-order valence-electron chi connectivity index (χ3n) is 4.51. The molecule has 0 N–H and O–H groups in total. The van der Waals surface area contributed by atoms with Gasteiger partial charge in [0.05, 0.1) is 5.75 Å². The molecule has 0 radical (unpaired) electrons. The Morgan fingerprint density at radius 2 is 2.08 bits per heavy atom. The molecule has 0 atom stereocenters. The highest BCUT2D eigenvalue weighted by Gasteiger charge is 2.20. The van der Waals surface area contributed by atoms with E-state index in [2.05, 4.69) is 21.9 Å². The summed E-state index contributed by atoms with van der Waals surface area (Å²) in [6.07, 6.45) is 6.30. The Morgan fingerprint density at radius 3 is 2.76 bits per heavy atom. The van der Waals surface area contributed by atoms with Crippen LogP contribution in [0.3, 0.4) is 0 Å². The second-order valence-electron chi connectivity index (χ2n) is 6.39. The highest BCUT2D eigenvalue weighted by Crippen LogP contribution is 2.27. The zero-order valence-electron chi connectivity index (χ0n) is 14.5.